The fraction of sp³-hybridized carbons (Fsp3) is 0.750. The van der Waals surface area contributed by atoms with E-state index in [1.807, 2.05) is 5.32 Å². The molecule has 1 unspecified atom stereocenters. The number of rotatable bonds is 1. The first-order valence-corrected chi connectivity index (χ1v) is 2.17. The molecule has 0 fully saturated rings. The van der Waals surface area contributed by atoms with E-state index < -0.39 is 12.3 Å². The molecule has 0 spiro atoms. The minimum absolute atomic E-state index is 0.688. The second kappa shape index (κ2) is 3.26. The molecule has 1 radical (unpaired) electrons. The quantitative estimate of drug-likeness (QED) is 0.497. The Bertz CT molecular complexity index is 81.4. The standard InChI is InChI=1S/C4H8NO3/c1-3(6)5-4(7)8-2/h3H,1-2H3,(H,5,7). The average molecular weight is 118 g/mol. The van der Waals surface area contributed by atoms with E-state index in [1.165, 1.54) is 14.0 Å². The molecule has 1 atom stereocenters. The largest absolute Gasteiger partial charge is 0.453 e. The number of ether oxygens (including phenoxy) is 1. The van der Waals surface area contributed by atoms with E-state index in [4.69, 9.17) is 0 Å². The molecule has 4 heteroatoms. The van der Waals surface area contributed by atoms with Crippen LogP contribution in [0, 0.1) is 0 Å². The minimum atomic E-state index is -1.09. The van der Waals surface area contributed by atoms with Gasteiger partial charge in [-0.25, -0.2) is 9.90 Å². The molecular formula is C4H8NO3. The Kier molecular flexibility index (Phi) is 2.95. The number of hydrogen-bond acceptors (Lipinski definition) is 2. The number of hydrogen-bond donors (Lipinski definition) is 1. The summed E-state index contributed by atoms with van der Waals surface area (Å²) in [6.07, 6.45) is -1.78. The predicted octanol–water partition coefficient (Wildman–Crippen LogP) is 0.119. The Morgan fingerprint density at radius 1 is 1.75 bits per heavy atom. The Morgan fingerprint density at radius 2 is 2.25 bits per heavy atom. The van der Waals surface area contributed by atoms with Gasteiger partial charge in [-0.2, -0.15) is 0 Å². The maximum atomic E-state index is 10.1. The molecule has 0 aromatic rings. The van der Waals surface area contributed by atoms with Crippen LogP contribution in [0.15, 0.2) is 0 Å². The van der Waals surface area contributed by atoms with Crippen molar-refractivity contribution in [2.24, 2.45) is 0 Å². The number of methoxy groups -OCH3 is 1. The molecule has 8 heavy (non-hydrogen) atoms. The highest BCUT2D eigenvalue weighted by molar-refractivity contribution is 5.66. The van der Waals surface area contributed by atoms with Crippen LogP contribution in [0.4, 0.5) is 4.79 Å². The molecular weight excluding hydrogens is 110 g/mol. The highest BCUT2D eigenvalue weighted by Crippen LogP contribution is 1.75. The van der Waals surface area contributed by atoms with Crippen LogP contribution in [0.3, 0.4) is 0 Å². The molecule has 1 N–H and O–H groups in total. The first kappa shape index (κ1) is 7.23. The topological polar surface area (TPSA) is 58.2 Å². The van der Waals surface area contributed by atoms with Crippen LogP contribution in [-0.4, -0.2) is 19.4 Å². The second-order valence-corrected chi connectivity index (χ2v) is 1.28. The molecule has 0 rings (SSSR count). The lowest BCUT2D eigenvalue weighted by Crippen LogP contribution is -2.30. The van der Waals surface area contributed by atoms with E-state index in [-0.39, 0.29) is 0 Å². The van der Waals surface area contributed by atoms with Gasteiger partial charge in [0.2, 0.25) is 0 Å². The van der Waals surface area contributed by atoms with Crippen molar-refractivity contribution in [1.82, 2.24) is 5.32 Å². The van der Waals surface area contributed by atoms with Crippen LogP contribution in [0.25, 0.3) is 0 Å². The third-order valence-corrected chi connectivity index (χ3v) is 0.507. The molecule has 0 aliphatic rings. The Labute approximate surface area is 47.5 Å². The molecule has 0 aliphatic heterocycles. The van der Waals surface area contributed by atoms with Crippen molar-refractivity contribution in [3.8, 4) is 0 Å². The highest BCUT2D eigenvalue weighted by atomic mass is 16.5. The first-order chi connectivity index (χ1) is 3.66. The summed E-state index contributed by atoms with van der Waals surface area (Å²) in [7, 11) is 1.21. The molecule has 0 saturated carbocycles. The monoisotopic (exact) mass is 118 g/mol. The Balaban J connectivity index is 3.25. The van der Waals surface area contributed by atoms with Crippen molar-refractivity contribution in [2.45, 2.75) is 13.2 Å². The van der Waals surface area contributed by atoms with Gasteiger partial charge < -0.3 is 4.74 Å². The summed E-state index contributed by atoms with van der Waals surface area (Å²) < 4.78 is 4.11. The summed E-state index contributed by atoms with van der Waals surface area (Å²) in [4.78, 5) is 10.1. The lowest BCUT2D eigenvalue weighted by Gasteiger charge is -2.01. The predicted molar refractivity (Wildman–Crippen MR) is 25.7 cm³/mol. The fourth-order valence-corrected chi connectivity index (χ4v) is 0.225. The zero-order chi connectivity index (χ0) is 6.57. The average Bonchev–Trinajstić information content (AvgIpc) is 1.65. The van der Waals surface area contributed by atoms with Crippen molar-refractivity contribution in [3.05, 3.63) is 0 Å². The van der Waals surface area contributed by atoms with E-state index in [0.29, 0.717) is 0 Å². The van der Waals surface area contributed by atoms with Crippen molar-refractivity contribution in [2.75, 3.05) is 7.11 Å². The molecule has 0 bridgehead atoms. The molecule has 0 saturated heterocycles. The molecule has 1 amide bonds. The van der Waals surface area contributed by atoms with E-state index >= 15 is 0 Å². The zero-order valence-electron chi connectivity index (χ0n) is 4.80. The zero-order valence-corrected chi connectivity index (χ0v) is 4.80. The second-order valence-electron chi connectivity index (χ2n) is 1.28. The van der Waals surface area contributed by atoms with Gasteiger partial charge in [0.05, 0.1) is 7.11 Å². The van der Waals surface area contributed by atoms with E-state index in [9.17, 15) is 9.90 Å². The van der Waals surface area contributed by atoms with Crippen molar-refractivity contribution >= 4 is 6.09 Å². The SMILES string of the molecule is COC(=O)NC(C)[O]. The van der Waals surface area contributed by atoms with Crippen LogP contribution >= 0.6 is 0 Å². The van der Waals surface area contributed by atoms with Crippen LogP contribution < -0.4 is 5.32 Å². The third kappa shape index (κ3) is 3.42. The highest BCUT2D eigenvalue weighted by Gasteiger charge is 2.01. The summed E-state index contributed by atoms with van der Waals surface area (Å²) in [5.41, 5.74) is 0. The minimum Gasteiger partial charge on any atom is -0.453 e. The lowest BCUT2D eigenvalue weighted by atomic mass is 10.7. The molecule has 0 aromatic carbocycles. The molecule has 4 nitrogen and oxygen atoms in total. The summed E-state index contributed by atoms with van der Waals surface area (Å²) in [5, 5.41) is 12.1. The number of amides is 1. The van der Waals surface area contributed by atoms with Gasteiger partial charge in [-0.15, -0.1) is 0 Å². The van der Waals surface area contributed by atoms with Crippen LogP contribution in [0.1, 0.15) is 6.92 Å². The van der Waals surface area contributed by atoms with Gasteiger partial charge in [-0.1, -0.05) is 0 Å². The summed E-state index contributed by atoms with van der Waals surface area (Å²) in [6.45, 7) is 1.32. The van der Waals surface area contributed by atoms with Crippen molar-refractivity contribution in [3.63, 3.8) is 0 Å². The summed E-state index contributed by atoms with van der Waals surface area (Å²) in [5.74, 6) is 0. The lowest BCUT2D eigenvalue weighted by molar-refractivity contribution is 0.0683. The number of carbonyl (C=O) groups is 1. The number of nitrogens with one attached hydrogen (secondary N) is 1. The summed E-state index contributed by atoms with van der Waals surface area (Å²) >= 11 is 0. The van der Waals surface area contributed by atoms with Gasteiger partial charge in [-0.05, 0) is 6.92 Å². The molecule has 0 heterocycles. The van der Waals surface area contributed by atoms with Crippen molar-refractivity contribution in [1.29, 1.82) is 0 Å². The third-order valence-electron chi connectivity index (χ3n) is 0.507. The van der Waals surface area contributed by atoms with E-state index in [1.54, 1.807) is 0 Å². The van der Waals surface area contributed by atoms with Gasteiger partial charge in [-0.3, -0.25) is 5.32 Å². The molecule has 0 aliphatic carbocycles. The molecule has 47 valence electrons. The Hall–Kier alpha value is -0.770. The molecule has 0 aromatic heterocycles. The van der Waals surface area contributed by atoms with Crippen LogP contribution in [0.2, 0.25) is 0 Å². The van der Waals surface area contributed by atoms with E-state index in [0.717, 1.165) is 0 Å². The van der Waals surface area contributed by atoms with Crippen molar-refractivity contribution < 1.29 is 14.6 Å². The summed E-state index contributed by atoms with van der Waals surface area (Å²) in [6, 6.07) is 0. The number of carbonyl (C=O) groups excluding carboxylic acids is 1. The van der Waals surface area contributed by atoms with Gasteiger partial charge in [0, 0.05) is 0 Å². The van der Waals surface area contributed by atoms with Crippen LogP contribution in [-0.2, 0) is 9.84 Å². The smallest absolute Gasteiger partial charge is 0.408 e. The van der Waals surface area contributed by atoms with Gasteiger partial charge in [0.25, 0.3) is 0 Å². The maximum absolute atomic E-state index is 10.1. The normalized spacial score (nSPS) is 12.4. The fourth-order valence-electron chi connectivity index (χ4n) is 0.225. The first-order valence-electron chi connectivity index (χ1n) is 2.17. The number of alkyl carbamates (subject to hydrolysis) is 1. The van der Waals surface area contributed by atoms with E-state index in [2.05, 4.69) is 4.74 Å². The van der Waals surface area contributed by atoms with Gasteiger partial charge >= 0.3 is 6.09 Å². The van der Waals surface area contributed by atoms with Crippen LogP contribution in [0.5, 0.6) is 0 Å². The van der Waals surface area contributed by atoms with Gasteiger partial charge in [0.1, 0.15) is 0 Å². The van der Waals surface area contributed by atoms with Gasteiger partial charge in [0.15, 0.2) is 6.23 Å². The Morgan fingerprint density at radius 3 is 2.38 bits per heavy atom. The maximum Gasteiger partial charge on any atom is 0.408 e.